The van der Waals surface area contributed by atoms with Gasteiger partial charge in [-0.2, -0.15) is 0 Å². The van der Waals surface area contributed by atoms with E-state index in [0.717, 1.165) is 20.2 Å². The Bertz CT molecular complexity index is 759. The number of carbonyl (C=O) groups excluding carboxylic acids is 2. The van der Waals surface area contributed by atoms with Gasteiger partial charge in [0.2, 0.25) is 0 Å². The molecule has 0 fully saturated rings. The SMILES string of the molecule is O=C1NC(=O)c2cc(NCc3ccc(Br)c(Br)c3)ccc21. The number of carbonyl (C=O) groups is 2. The summed E-state index contributed by atoms with van der Waals surface area (Å²) in [5.74, 6) is -0.677. The second kappa shape index (κ2) is 5.61. The molecule has 2 aromatic carbocycles. The first-order valence-corrected chi connectivity index (χ1v) is 7.81. The third kappa shape index (κ3) is 2.87. The summed E-state index contributed by atoms with van der Waals surface area (Å²) in [4.78, 5) is 23.1. The smallest absolute Gasteiger partial charge is 0.259 e. The predicted octanol–water partition coefficient (Wildman–Crippen LogP) is 3.71. The number of rotatable bonds is 3. The fourth-order valence-corrected chi connectivity index (χ4v) is 2.80. The lowest BCUT2D eigenvalue weighted by atomic mass is 10.1. The summed E-state index contributed by atoms with van der Waals surface area (Å²) in [5, 5.41) is 5.53. The van der Waals surface area contributed by atoms with Gasteiger partial charge in [-0.25, -0.2) is 0 Å². The highest BCUT2D eigenvalue weighted by Crippen LogP contribution is 2.25. The average molecular weight is 410 g/mol. The van der Waals surface area contributed by atoms with Crippen LogP contribution in [0.1, 0.15) is 26.3 Å². The van der Waals surface area contributed by atoms with E-state index in [2.05, 4.69) is 42.5 Å². The summed E-state index contributed by atoms with van der Waals surface area (Å²) in [6.07, 6.45) is 0. The van der Waals surface area contributed by atoms with Gasteiger partial charge in [0.1, 0.15) is 0 Å². The summed E-state index contributed by atoms with van der Waals surface area (Å²) >= 11 is 6.89. The standard InChI is InChI=1S/C15H10Br2N2O2/c16-12-4-1-8(5-13(12)17)7-18-9-2-3-10-11(6-9)15(21)19-14(10)20/h1-6,18H,7H2,(H,19,20,21). The van der Waals surface area contributed by atoms with E-state index in [1.165, 1.54) is 0 Å². The van der Waals surface area contributed by atoms with Crippen molar-refractivity contribution in [1.29, 1.82) is 0 Å². The van der Waals surface area contributed by atoms with Crippen LogP contribution in [0.2, 0.25) is 0 Å². The van der Waals surface area contributed by atoms with Crippen molar-refractivity contribution in [3.63, 3.8) is 0 Å². The van der Waals surface area contributed by atoms with Crippen LogP contribution in [0.4, 0.5) is 5.69 Å². The largest absolute Gasteiger partial charge is 0.381 e. The highest BCUT2D eigenvalue weighted by molar-refractivity contribution is 9.13. The molecule has 0 aromatic heterocycles. The van der Waals surface area contributed by atoms with Gasteiger partial charge in [0.15, 0.2) is 0 Å². The number of hydrogen-bond acceptors (Lipinski definition) is 3. The Balaban J connectivity index is 1.77. The van der Waals surface area contributed by atoms with E-state index in [9.17, 15) is 9.59 Å². The van der Waals surface area contributed by atoms with Crippen LogP contribution in [0.3, 0.4) is 0 Å². The number of imide groups is 1. The molecular formula is C15H10Br2N2O2. The van der Waals surface area contributed by atoms with Gasteiger partial charge in [-0.3, -0.25) is 14.9 Å². The Morgan fingerprint density at radius 1 is 0.905 bits per heavy atom. The van der Waals surface area contributed by atoms with Crippen molar-refractivity contribution < 1.29 is 9.59 Å². The van der Waals surface area contributed by atoms with Gasteiger partial charge >= 0.3 is 0 Å². The molecule has 106 valence electrons. The minimum Gasteiger partial charge on any atom is -0.381 e. The monoisotopic (exact) mass is 408 g/mol. The second-order valence-corrected chi connectivity index (χ2v) is 6.35. The Morgan fingerprint density at radius 2 is 1.67 bits per heavy atom. The fourth-order valence-electron chi connectivity index (χ4n) is 2.13. The van der Waals surface area contributed by atoms with Crippen LogP contribution in [-0.2, 0) is 6.54 Å². The van der Waals surface area contributed by atoms with Gasteiger partial charge in [-0.15, -0.1) is 0 Å². The molecular weight excluding hydrogens is 400 g/mol. The molecule has 0 unspecified atom stereocenters. The van der Waals surface area contributed by atoms with Crippen LogP contribution in [0, 0.1) is 0 Å². The zero-order valence-corrected chi connectivity index (χ0v) is 13.9. The molecule has 0 radical (unpaired) electrons. The first-order valence-electron chi connectivity index (χ1n) is 6.22. The maximum Gasteiger partial charge on any atom is 0.259 e. The Morgan fingerprint density at radius 3 is 2.43 bits per heavy atom. The van der Waals surface area contributed by atoms with E-state index in [0.29, 0.717) is 17.7 Å². The minimum atomic E-state index is -0.343. The van der Waals surface area contributed by atoms with Crippen molar-refractivity contribution in [2.75, 3.05) is 5.32 Å². The molecule has 0 atom stereocenters. The molecule has 21 heavy (non-hydrogen) atoms. The number of benzene rings is 2. The van der Waals surface area contributed by atoms with Gasteiger partial charge in [0.25, 0.3) is 11.8 Å². The van der Waals surface area contributed by atoms with Crippen LogP contribution in [0.15, 0.2) is 45.3 Å². The van der Waals surface area contributed by atoms with Crippen molar-refractivity contribution in [3.8, 4) is 0 Å². The molecule has 1 aliphatic rings. The quantitative estimate of drug-likeness (QED) is 0.759. The number of fused-ring (bicyclic) bond motifs is 1. The molecule has 2 N–H and O–H groups in total. The third-order valence-electron chi connectivity index (χ3n) is 3.22. The van der Waals surface area contributed by atoms with E-state index in [4.69, 9.17) is 0 Å². The molecule has 0 aliphatic carbocycles. The minimum absolute atomic E-state index is 0.335. The molecule has 1 heterocycles. The second-order valence-electron chi connectivity index (χ2n) is 4.65. The van der Waals surface area contributed by atoms with Gasteiger partial charge in [-0.05, 0) is 67.8 Å². The van der Waals surface area contributed by atoms with Crippen LogP contribution >= 0.6 is 31.9 Å². The first kappa shape index (κ1) is 14.3. The van der Waals surface area contributed by atoms with Gasteiger partial charge in [-0.1, -0.05) is 6.07 Å². The molecule has 0 bridgehead atoms. The normalized spacial score (nSPS) is 13.0. The summed E-state index contributed by atoms with van der Waals surface area (Å²) < 4.78 is 1.99. The lowest BCUT2D eigenvalue weighted by Gasteiger charge is -2.08. The Hall–Kier alpha value is -1.66. The van der Waals surface area contributed by atoms with Crippen LogP contribution in [-0.4, -0.2) is 11.8 Å². The molecule has 1 aliphatic heterocycles. The molecule has 2 aromatic rings. The number of hydrogen-bond donors (Lipinski definition) is 2. The van der Waals surface area contributed by atoms with Gasteiger partial charge in [0, 0.05) is 21.2 Å². The number of nitrogens with one attached hydrogen (secondary N) is 2. The maximum absolute atomic E-state index is 11.6. The lowest BCUT2D eigenvalue weighted by molar-refractivity contribution is 0.0879. The Kier molecular flexibility index (Phi) is 3.82. The highest BCUT2D eigenvalue weighted by Gasteiger charge is 2.26. The number of anilines is 1. The van der Waals surface area contributed by atoms with Crippen molar-refractivity contribution in [3.05, 3.63) is 62.0 Å². The highest BCUT2D eigenvalue weighted by atomic mass is 79.9. The lowest BCUT2D eigenvalue weighted by Crippen LogP contribution is -2.19. The van der Waals surface area contributed by atoms with Crippen LogP contribution in [0.25, 0.3) is 0 Å². The number of halogens is 2. The van der Waals surface area contributed by atoms with Gasteiger partial charge < -0.3 is 5.32 Å². The summed E-state index contributed by atoms with van der Waals surface area (Å²) in [6, 6.07) is 11.1. The summed E-state index contributed by atoms with van der Waals surface area (Å²) in [7, 11) is 0. The van der Waals surface area contributed by atoms with Gasteiger partial charge in [0.05, 0.1) is 11.1 Å². The van der Waals surface area contributed by atoms with Crippen molar-refractivity contribution in [1.82, 2.24) is 5.32 Å². The van der Waals surface area contributed by atoms with E-state index in [1.807, 2.05) is 18.2 Å². The molecule has 2 amide bonds. The molecule has 0 saturated carbocycles. The maximum atomic E-state index is 11.6. The molecule has 4 nitrogen and oxygen atoms in total. The average Bonchev–Trinajstić information content (AvgIpc) is 2.75. The van der Waals surface area contributed by atoms with Crippen molar-refractivity contribution in [2.24, 2.45) is 0 Å². The van der Waals surface area contributed by atoms with Crippen LogP contribution < -0.4 is 10.6 Å². The third-order valence-corrected chi connectivity index (χ3v) is 5.10. The molecule has 6 heteroatoms. The van der Waals surface area contributed by atoms with E-state index < -0.39 is 0 Å². The molecule has 0 saturated heterocycles. The molecule has 3 rings (SSSR count). The first-order chi connectivity index (χ1) is 10.0. The fraction of sp³-hybridized carbons (Fsp3) is 0.0667. The van der Waals surface area contributed by atoms with E-state index in [-0.39, 0.29) is 11.8 Å². The zero-order chi connectivity index (χ0) is 15.0. The van der Waals surface area contributed by atoms with E-state index >= 15 is 0 Å². The summed E-state index contributed by atoms with van der Waals surface area (Å²) in [6.45, 7) is 0.625. The summed E-state index contributed by atoms with van der Waals surface area (Å²) in [5.41, 5.74) is 2.75. The van der Waals surface area contributed by atoms with Crippen molar-refractivity contribution >= 4 is 49.4 Å². The van der Waals surface area contributed by atoms with E-state index in [1.54, 1.807) is 18.2 Å². The Labute approximate surface area is 138 Å². The number of amides is 2. The predicted molar refractivity (Wildman–Crippen MR) is 87.4 cm³/mol. The molecule has 0 spiro atoms. The van der Waals surface area contributed by atoms with Crippen molar-refractivity contribution in [2.45, 2.75) is 6.54 Å². The topological polar surface area (TPSA) is 58.2 Å². The zero-order valence-electron chi connectivity index (χ0n) is 10.7. The van der Waals surface area contributed by atoms with Crippen LogP contribution in [0.5, 0.6) is 0 Å².